The molecule has 1 saturated heterocycles. The number of rotatable bonds is 6. The highest BCUT2D eigenvalue weighted by atomic mass is 32.2. The van der Waals surface area contributed by atoms with Gasteiger partial charge >= 0.3 is 0 Å². The Balaban J connectivity index is 1.76. The average molecular weight is 467 g/mol. The number of nitro groups is 1. The Morgan fingerprint density at radius 2 is 1.69 bits per heavy atom. The fourth-order valence-electron chi connectivity index (χ4n) is 3.42. The highest BCUT2D eigenvalue weighted by molar-refractivity contribution is 7.89. The van der Waals surface area contributed by atoms with Gasteiger partial charge in [-0.2, -0.15) is 4.31 Å². The molecular weight excluding hydrogens is 445 g/mol. The monoisotopic (exact) mass is 467 g/mol. The van der Waals surface area contributed by atoms with E-state index in [9.17, 15) is 27.7 Å². The molecule has 32 heavy (non-hydrogen) atoms. The fourth-order valence-corrected chi connectivity index (χ4v) is 4.86. The van der Waals surface area contributed by atoms with Crippen molar-refractivity contribution >= 4 is 21.6 Å². The second kappa shape index (κ2) is 9.09. The maximum Gasteiger partial charge on any atom is 0.276 e. The lowest BCUT2D eigenvalue weighted by molar-refractivity contribution is -0.385. The van der Waals surface area contributed by atoms with Gasteiger partial charge in [0.25, 0.3) is 11.6 Å². The smallest absolute Gasteiger partial charge is 0.276 e. The van der Waals surface area contributed by atoms with Crippen LogP contribution in [0.4, 0.5) is 10.1 Å². The summed E-state index contributed by atoms with van der Waals surface area (Å²) in [5, 5.41) is 11.1. The van der Waals surface area contributed by atoms with Crippen LogP contribution in [0.2, 0.25) is 0 Å². The number of ether oxygens (including phenoxy) is 2. The molecule has 0 aromatic heterocycles. The lowest BCUT2D eigenvalue weighted by Gasteiger charge is -2.34. The Hall–Kier alpha value is -3.25. The molecule has 0 radical (unpaired) electrons. The summed E-state index contributed by atoms with van der Waals surface area (Å²) in [5.74, 6) is -0.793. The molecule has 0 spiro atoms. The molecule has 0 N–H and O–H groups in total. The maximum atomic E-state index is 14.1. The summed E-state index contributed by atoms with van der Waals surface area (Å²) in [7, 11) is -1.01. The van der Waals surface area contributed by atoms with Crippen LogP contribution in [0, 0.1) is 22.9 Å². The number of halogens is 1. The second-order valence-corrected chi connectivity index (χ2v) is 9.01. The standard InChI is InChI=1S/C20H22FN3O7S/c1-13-16(21)10-14(11-17(13)24(26)27)20(25)22-6-8-23(9-7-22)32(28,29)15-4-5-18(30-2)19(12-15)31-3/h4-5,10-12H,6-9H2,1-3H3. The summed E-state index contributed by atoms with van der Waals surface area (Å²) in [6, 6.07) is 6.25. The number of hydrogen-bond donors (Lipinski definition) is 0. The summed E-state index contributed by atoms with van der Waals surface area (Å²) in [6.07, 6.45) is 0. The molecule has 0 aliphatic carbocycles. The van der Waals surface area contributed by atoms with Gasteiger partial charge in [0.05, 0.1) is 29.6 Å². The van der Waals surface area contributed by atoms with Gasteiger partial charge in [-0.3, -0.25) is 14.9 Å². The van der Waals surface area contributed by atoms with Crippen molar-refractivity contribution in [3.8, 4) is 11.5 Å². The molecule has 0 bridgehead atoms. The topological polar surface area (TPSA) is 119 Å². The first-order valence-electron chi connectivity index (χ1n) is 9.56. The Labute approximate surface area is 184 Å². The van der Waals surface area contributed by atoms with Crippen molar-refractivity contribution in [2.75, 3.05) is 40.4 Å². The van der Waals surface area contributed by atoms with Gasteiger partial charge in [0.15, 0.2) is 11.5 Å². The number of hydrogen-bond acceptors (Lipinski definition) is 7. The second-order valence-electron chi connectivity index (χ2n) is 7.07. The van der Waals surface area contributed by atoms with E-state index in [2.05, 4.69) is 0 Å². The van der Waals surface area contributed by atoms with E-state index in [-0.39, 0.29) is 48.0 Å². The third-order valence-electron chi connectivity index (χ3n) is 5.28. The highest BCUT2D eigenvalue weighted by Crippen LogP contribution is 2.31. The summed E-state index contributed by atoms with van der Waals surface area (Å²) < 4.78 is 51.6. The largest absolute Gasteiger partial charge is 0.493 e. The Bertz CT molecular complexity index is 1160. The van der Waals surface area contributed by atoms with Crippen LogP contribution in [0.25, 0.3) is 0 Å². The number of piperazine rings is 1. The van der Waals surface area contributed by atoms with Crippen LogP contribution < -0.4 is 9.47 Å². The van der Waals surface area contributed by atoms with Gasteiger partial charge in [-0.25, -0.2) is 12.8 Å². The van der Waals surface area contributed by atoms with E-state index in [1.54, 1.807) is 0 Å². The molecule has 12 heteroatoms. The summed E-state index contributed by atoms with van der Waals surface area (Å²) in [6.45, 7) is 1.39. The summed E-state index contributed by atoms with van der Waals surface area (Å²) >= 11 is 0. The van der Waals surface area contributed by atoms with Gasteiger partial charge in [0, 0.05) is 43.9 Å². The SMILES string of the molecule is COc1ccc(S(=O)(=O)N2CCN(C(=O)c3cc(F)c(C)c([N+](=O)[O-])c3)CC2)cc1OC. The number of benzene rings is 2. The maximum absolute atomic E-state index is 14.1. The molecule has 1 aliphatic heterocycles. The normalized spacial score (nSPS) is 14.8. The third kappa shape index (κ3) is 4.36. The van der Waals surface area contributed by atoms with E-state index in [0.717, 1.165) is 12.1 Å². The molecule has 0 atom stereocenters. The Morgan fingerprint density at radius 1 is 1.06 bits per heavy atom. The number of nitrogens with zero attached hydrogens (tertiary/aromatic N) is 3. The molecule has 10 nitrogen and oxygen atoms in total. The quantitative estimate of drug-likeness (QED) is 0.472. The van der Waals surface area contributed by atoms with Crippen molar-refractivity contribution in [2.24, 2.45) is 0 Å². The zero-order valence-electron chi connectivity index (χ0n) is 17.7. The first-order chi connectivity index (χ1) is 15.1. The zero-order valence-corrected chi connectivity index (χ0v) is 18.5. The fraction of sp³-hybridized carbons (Fsp3) is 0.350. The molecule has 172 valence electrons. The molecule has 0 unspecified atom stereocenters. The van der Waals surface area contributed by atoms with E-state index in [0.29, 0.717) is 5.75 Å². The Morgan fingerprint density at radius 3 is 2.25 bits per heavy atom. The lowest BCUT2D eigenvalue weighted by atomic mass is 10.1. The number of carbonyl (C=O) groups excluding carboxylic acids is 1. The van der Waals surface area contributed by atoms with E-state index >= 15 is 0 Å². The summed E-state index contributed by atoms with van der Waals surface area (Å²) in [4.78, 5) is 24.5. The minimum atomic E-state index is -3.85. The molecule has 0 saturated carbocycles. The van der Waals surface area contributed by atoms with Gasteiger partial charge in [0.1, 0.15) is 5.82 Å². The van der Waals surface area contributed by atoms with Gasteiger partial charge < -0.3 is 14.4 Å². The molecule has 1 aliphatic rings. The van der Waals surface area contributed by atoms with Crippen LogP contribution in [-0.4, -0.2) is 68.9 Å². The zero-order chi connectivity index (χ0) is 23.6. The number of amides is 1. The molecule has 3 rings (SSSR count). The molecule has 2 aromatic rings. The van der Waals surface area contributed by atoms with Crippen molar-refractivity contribution in [2.45, 2.75) is 11.8 Å². The first kappa shape index (κ1) is 23.4. The van der Waals surface area contributed by atoms with E-state index in [1.165, 1.54) is 48.5 Å². The first-order valence-corrected chi connectivity index (χ1v) is 11.0. The van der Waals surface area contributed by atoms with Crippen LogP contribution in [0.3, 0.4) is 0 Å². The van der Waals surface area contributed by atoms with Crippen LogP contribution in [0.15, 0.2) is 35.2 Å². The van der Waals surface area contributed by atoms with E-state index in [4.69, 9.17) is 9.47 Å². The number of nitro benzene ring substituents is 1. The average Bonchev–Trinajstić information content (AvgIpc) is 2.79. The van der Waals surface area contributed by atoms with E-state index in [1.807, 2.05) is 0 Å². The van der Waals surface area contributed by atoms with Gasteiger partial charge in [-0.1, -0.05) is 0 Å². The predicted octanol–water partition coefficient (Wildman–Crippen LogP) is 2.21. The van der Waals surface area contributed by atoms with Crippen molar-refractivity contribution in [1.29, 1.82) is 0 Å². The third-order valence-corrected chi connectivity index (χ3v) is 7.17. The van der Waals surface area contributed by atoms with Crippen LogP contribution in [0.1, 0.15) is 15.9 Å². The number of methoxy groups -OCH3 is 2. The molecule has 1 heterocycles. The van der Waals surface area contributed by atoms with E-state index < -0.39 is 32.4 Å². The lowest BCUT2D eigenvalue weighted by Crippen LogP contribution is -2.50. The van der Waals surface area contributed by atoms with Crippen molar-refractivity contribution in [1.82, 2.24) is 9.21 Å². The minimum Gasteiger partial charge on any atom is -0.493 e. The minimum absolute atomic E-state index is 0.0128. The molecule has 1 fully saturated rings. The summed E-state index contributed by atoms with van der Waals surface area (Å²) in [5.41, 5.74) is -0.795. The molecule has 2 aromatic carbocycles. The van der Waals surface area contributed by atoms with Crippen molar-refractivity contribution in [3.05, 3.63) is 57.4 Å². The van der Waals surface area contributed by atoms with Gasteiger partial charge in [0.2, 0.25) is 10.0 Å². The molecule has 1 amide bonds. The molecular formula is C20H22FN3O7S. The number of sulfonamides is 1. The van der Waals surface area contributed by atoms with Gasteiger partial charge in [-0.15, -0.1) is 0 Å². The number of carbonyl (C=O) groups is 1. The highest BCUT2D eigenvalue weighted by Gasteiger charge is 2.32. The van der Waals surface area contributed by atoms with Gasteiger partial charge in [-0.05, 0) is 25.1 Å². The predicted molar refractivity (Wildman–Crippen MR) is 112 cm³/mol. The van der Waals surface area contributed by atoms with Crippen LogP contribution in [-0.2, 0) is 10.0 Å². The van der Waals surface area contributed by atoms with Crippen molar-refractivity contribution in [3.63, 3.8) is 0 Å². The van der Waals surface area contributed by atoms with Crippen LogP contribution in [0.5, 0.6) is 11.5 Å². The van der Waals surface area contributed by atoms with Crippen molar-refractivity contribution < 1.29 is 32.0 Å². The Kier molecular flexibility index (Phi) is 6.65. The van der Waals surface area contributed by atoms with Crippen LogP contribution >= 0.6 is 0 Å².